The van der Waals surface area contributed by atoms with Gasteiger partial charge >= 0.3 is 0 Å². The van der Waals surface area contributed by atoms with Crippen molar-refractivity contribution in [2.24, 2.45) is 0 Å². The molecule has 1 aromatic carbocycles. The molecular formula is C12H13ClN2O2. The highest BCUT2D eigenvalue weighted by atomic mass is 35.5. The zero-order chi connectivity index (χ0) is 12.4. The Morgan fingerprint density at radius 3 is 2.71 bits per heavy atom. The second kappa shape index (κ2) is 4.85. The van der Waals surface area contributed by atoms with Crippen LogP contribution in [-0.4, -0.2) is 17.9 Å². The van der Waals surface area contributed by atoms with Crippen LogP contribution in [0.25, 0.3) is 0 Å². The third-order valence-electron chi connectivity index (χ3n) is 2.79. The summed E-state index contributed by atoms with van der Waals surface area (Å²) in [5.41, 5.74) is 0.918. The van der Waals surface area contributed by atoms with Gasteiger partial charge in [0.15, 0.2) is 0 Å². The van der Waals surface area contributed by atoms with E-state index in [0.29, 0.717) is 5.02 Å². The average molecular weight is 253 g/mol. The predicted molar refractivity (Wildman–Crippen MR) is 64.6 cm³/mol. The molecule has 2 atom stereocenters. The van der Waals surface area contributed by atoms with Gasteiger partial charge in [0, 0.05) is 11.1 Å². The van der Waals surface area contributed by atoms with Crippen LogP contribution in [0, 0.1) is 0 Å². The lowest BCUT2D eigenvalue weighted by atomic mass is 10.1. The lowest BCUT2D eigenvalue weighted by Crippen LogP contribution is -2.37. The third-order valence-corrected chi connectivity index (χ3v) is 3.14. The van der Waals surface area contributed by atoms with E-state index in [-0.39, 0.29) is 24.3 Å². The predicted octanol–water partition coefficient (Wildman–Crippen LogP) is 1.41. The van der Waals surface area contributed by atoms with Gasteiger partial charge in [-0.25, -0.2) is 0 Å². The van der Waals surface area contributed by atoms with Gasteiger partial charge in [-0.2, -0.15) is 0 Å². The van der Waals surface area contributed by atoms with Crippen molar-refractivity contribution in [2.75, 3.05) is 0 Å². The summed E-state index contributed by atoms with van der Waals surface area (Å²) >= 11 is 6.06. The van der Waals surface area contributed by atoms with E-state index in [4.69, 9.17) is 11.6 Å². The second-order valence-corrected chi connectivity index (χ2v) is 4.49. The SMILES string of the molecule is CC(NC1CC(=O)NC1=O)c1ccccc1Cl. The molecule has 90 valence electrons. The molecule has 0 aliphatic carbocycles. The summed E-state index contributed by atoms with van der Waals surface area (Å²) in [5, 5.41) is 6.01. The Labute approximate surface area is 104 Å². The number of rotatable bonds is 3. The lowest BCUT2D eigenvalue weighted by Gasteiger charge is -2.18. The molecule has 17 heavy (non-hydrogen) atoms. The molecule has 1 aliphatic rings. The van der Waals surface area contributed by atoms with Gasteiger partial charge in [-0.05, 0) is 18.6 Å². The van der Waals surface area contributed by atoms with Crippen molar-refractivity contribution in [3.05, 3.63) is 34.9 Å². The topological polar surface area (TPSA) is 58.2 Å². The first-order valence-corrected chi connectivity index (χ1v) is 5.80. The number of halogens is 1. The molecule has 4 nitrogen and oxygen atoms in total. The molecule has 2 amide bonds. The molecule has 1 aliphatic heterocycles. The van der Waals surface area contributed by atoms with E-state index in [0.717, 1.165) is 5.56 Å². The molecule has 2 rings (SSSR count). The summed E-state index contributed by atoms with van der Waals surface area (Å²) < 4.78 is 0. The smallest absolute Gasteiger partial charge is 0.244 e. The fourth-order valence-corrected chi connectivity index (χ4v) is 2.21. The van der Waals surface area contributed by atoms with Crippen LogP contribution >= 0.6 is 11.6 Å². The van der Waals surface area contributed by atoms with E-state index in [1.54, 1.807) is 6.07 Å². The molecule has 0 radical (unpaired) electrons. The molecule has 1 fully saturated rings. The summed E-state index contributed by atoms with van der Waals surface area (Å²) in [6.07, 6.45) is 0.188. The second-order valence-electron chi connectivity index (χ2n) is 4.08. The molecule has 1 heterocycles. The highest BCUT2D eigenvalue weighted by Crippen LogP contribution is 2.23. The Kier molecular flexibility index (Phi) is 3.45. The van der Waals surface area contributed by atoms with Crippen LogP contribution < -0.4 is 10.6 Å². The van der Waals surface area contributed by atoms with Crippen LogP contribution in [-0.2, 0) is 9.59 Å². The molecule has 1 saturated heterocycles. The Balaban J connectivity index is 2.07. The van der Waals surface area contributed by atoms with Crippen LogP contribution in [0.5, 0.6) is 0 Å². The van der Waals surface area contributed by atoms with E-state index in [2.05, 4.69) is 10.6 Å². The monoisotopic (exact) mass is 252 g/mol. The lowest BCUT2D eigenvalue weighted by molar-refractivity contribution is -0.125. The van der Waals surface area contributed by atoms with Gasteiger partial charge in [0.2, 0.25) is 11.8 Å². The highest BCUT2D eigenvalue weighted by Gasteiger charge is 2.31. The van der Waals surface area contributed by atoms with E-state index < -0.39 is 6.04 Å². The van der Waals surface area contributed by atoms with Gasteiger partial charge in [-0.15, -0.1) is 0 Å². The molecule has 2 unspecified atom stereocenters. The zero-order valence-electron chi connectivity index (χ0n) is 9.37. The standard InChI is InChI=1S/C12H13ClN2O2/c1-7(8-4-2-3-5-9(8)13)14-10-6-11(16)15-12(10)17/h2-5,7,10,14H,6H2,1H3,(H,15,16,17). The number of carbonyl (C=O) groups excluding carboxylic acids is 2. The first kappa shape index (κ1) is 12.1. The summed E-state index contributed by atoms with van der Waals surface area (Å²) in [5.74, 6) is -0.507. The molecule has 0 spiro atoms. The minimum Gasteiger partial charge on any atom is -0.299 e. The van der Waals surface area contributed by atoms with Crippen molar-refractivity contribution in [2.45, 2.75) is 25.4 Å². The average Bonchev–Trinajstić information content (AvgIpc) is 2.58. The third kappa shape index (κ3) is 2.65. The van der Waals surface area contributed by atoms with Crippen molar-refractivity contribution in [1.29, 1.82) is 0 Å². The molecule has 0 aromatic heterocycles. The van der Waals surface area contributed by atoms with Gasteiger partial charge < -0.3 is 0 Å². The number of carbonyl (C=O) groups is 2. The van der Waals surface area contributed by atoms with E-state index >= 15 is 0 Å². The minimum atomic E-state index is -0.464. The van der Waals surface area contributed by atoms with Crippen LogP contribution in [0.15, 0.2) is 24.3 Å². The van der Waals surface area contributed by atoms with E-state index in [9.17, 15) is 9.59 Å². The van der Waals surface area contributed by atoms with E-state index in [1.807, 2.05) is 25.1 Å². The van der Waals surface area contributed by atoms with Crippen molar-refractivity contribution < 1.29 is 9.59 Å². The zero-order valence-corrected chi connectivity index (χ0v) is 10.1. The highest BCUT2D eigenvalue weighted by molar-refractivity contribution is 6.31. The Morgan fingerprint density at radius 2 is 2.12 bits per heavy atom. The van der Waals surface area contributed by atoms with Crippen LogP contribution in [0.3, 0.4) is 0 Å². The fourth-order valence-electron chi connectivity index (χ4n) is 1.91. The van der Waals surface area contributed by atoms with Gasteiger partial charge in [0.05, 0.1) is 12.5 Å². The quantitative estimate of drug-likeness (QED) is 0.800. The molecule has 0 saturated carbocycles. The molecule has 5 heteroatoms. The fraction of sp³-hybridized carbons (Fsp3) is 0.333. The molecule has 2 N–H and O–H groups in total. The van der Waals surface area contributed by atoms with Crippen molar-refractivity contribution in [1.82, 2.24) is 10.6 Å². The maximum absolute atomic E-state index is 11.4. The molecule has 1 aromatic rings. The number of imide groups is 1. The van der Waals surface area contributed by atoms with Crippen molar-refractivity contribution in [3.8, 4) is 0 Å². The number of hydrogen-bond acceptors (Lipinski definition) is 3. The maximum atomic E-state index is 11.4. The number of amides is 2. The van der Waals surface area contributed by atoms with Crippen molar-refractivity contribution in [3.63, 3.8) is 0 Å². The normalized spacial score (nSPS) is 21.4. The number of hydrogen-bond donors (Lipinski definition) is 2. The minimum absolute atomic E-state index is 0.0784. The first-order valence-electron chi connectivity index (χ1n) is 5.42. The van der Waals surface area contributed by atoms with Gasteiger partial charge in [-0.1, -0.05) is 29.8 Å². The Morgan fingerprint density at radius 1 is 1.41 bits per heavy atom. The van der Waals surface area contributed by atoms with Crippen molar-refractivity contribution >= 4 is 23.4 Å². The van der Waals surface area contributed by atoms with Gasteiger partial charge in [0.25, 0.3) is 0 Å². The summed E-state index contributed by atoms with van der Waals surface area (Å²) in [6.45, 7) is 1.91. The molecular weight excluding hydrogens is 240 g/mol. The largest absolute Gasteiger partial charge is 0.299 e. The van der Waals surface area contributed by atoms with Gasteiger partial charge in [-0.3, -0.25) is 20.2 Å². The van der Waals surface area contributed by atoms with Gasteiger partial charge in [0.1, 0.15) is 0 Å². The number of nitrogens with one attached hydrogen (secondary N) is 2. The van der Waals surface area contributed by atoms with Crippen LogP contribution in [0.4, 0.5) is 0 Å². The van der Waals surface area contributed by atoms with Crippen LogP contribution in [0.1, 0.15) is 24.9 Å². The Hall–Kier alpha value is -1.39. The Bertz CT molecular complexity index is 462. The summed E-state index contributed by atoms with van der Waals surface area (Å²) in [7, 11) is 0. The van der Waals surface area contributed by atoms with E-state index in [1.165, 1.54) is 0 Å². The first-order chi connectivity index (χ1) is 8.08. The molecule has 0 bridgehead atoms. The maximum Gasteiger partial charge on any atom is 0.244 e. The summed E-state index contributed by atoms with van der Waals surface area (Å²) in [6, 6.07) is 6.90. The summed E-state index contributed by atoms with van der Waals surface area (Å²) in [4.78, 5) is 22.5. The van der Waals surface area contributed by atoms with Crippen LogP contribution in [0.2, 0.25) is 5.02 Å². The number of benzene rings is 1.